The summed E-state index contributed by atoms with van der Waals surface area (Å²) in [6, 6.07) is 13.9. The number of aromatic amines is 1. The van der Waals surface area contributed by atoms with Crippen molar-refractivity contribution >= 4 is 11.2 Å². The fourth-order valence-corrected chi connectivity index (χ4v) is 3.73. The van der Waals surface area contributed by atoms with Crippen molar-refractivity contribution in [1.29, 1.82) is 0 Å². The van der Waals surface area contributed by atoms with E-state index in [1.165, 1.54) is 22.9 Å². The van der Waals surface area contributed by atoms with E-state index < -0.39 is 6.29 Å². The molecule has 1 aliphatic rings. The predicted octanol–water partition coefficient (Wildman–Crippen LogP) is 3.34. The Balaban J connectivity index is 1.38. The summed E-state index contributed by atoms with van der Waals surface area (Å²) in [5, 5.41) is 4.19. The Kier molecular flexibility index (Phi) is 4.06. The van der Waals surface area contributed by atoms with Crippen LogP contribution in [0.2, 0.25) is 0 Å². The number of rotatable bonds is 4. The van der Waals surface area contributed by atoms with Crippen LogP contribution in [0.15, 0.2) is 71.9 Å². The molecule has 0 unspecified atom stereocenters. The fourth-order valence-electron chi connectivity index (χ4n) is 3.73. The standard InChI is InChI=1S/C22H14F2N6O3/c23-22(24)32-17-4-1-3-15(18(17)33-22)19-25-11-16-20(28-19)29(21(31)27-16)12-13-5-7-14(8-6-13)30-10-2-9-26-30/h1-11H,12H2,(H,27,31). The minimum absolute atomic E-state index is 0.107. The zero-order chi connectivity index (χ0) is 22.6. The maximum Gasteiger partial charge on any atom is 0.586 e. The average Bonchev–Trinajstić information content (AvgIpc) is 3.51. The molecule has 3 aromatic heterocycles. The van der Waals surface area contributed by atoms with Gasteiger partial charge in [0.15, 0.2) is 23.0 Å². The number of hydrogen-bond acceptors (Lipinski definition) is 6. The van der Waals surface area contributed by atoms with Crippen LogP contribution in [0.1, 0.15) is 5.56 Å². The van der Waals surface area contributed by atoms with Crippen LogP contribution in [0.3, 0.4) is 0 Å². The third kappa shape index (κ3) is 3.30. The third-order valence-corrected chi connectivity index (χ3v) is 5.23. The summed E-state index contributed by atoms with van der Waals surface area (Å²) in [7, 11) is 0. The first-order valence-corrected chi connectivity index (χ1v) is 9.91. The fraction of sp³-hybridized carbons (Fsp3) is 0.0909. The van der Waals surface area contributed by atoms with Crippen molar-refractivity contribution in [2.75, 3.05) is 0 Å². The highest BCUT2D eigenvalue weighted by Crippen LogP contribution is 2.46. The molecular formula is C22H14F2N6O3. The van der Waals surface area contributed by atoms with Gasteiger partial charge in [0.1, 0.15) is 5.52 Å². The molecule has 1 aliphatic heterocycles. The van der Waals surface area contributed by atoms with Gasteiger partial charge in [-0.1, -0.05) is 18.2 Å². The number of fused-ring (bicyclic) bond motifs is 2. The maximum atomic E-state index is 13.6. The molecule has 0 aliphatic carbocycles. The van der Waals surface area contributed by atoms with E-state index in [2.05, 4.69) is 29.5 Å². The van der Waals surface area contributed by atoms with Gasteiger partial charge < -0.3 is 14.5 Å². The molecule has 33 heavy (non-hydrogen) atoms. The lowest BCUT2D eigenvalue weighted by molar-refractivity contribution is -0.286. The van der Waals surface area contributed by atoms with Crippen molar-refractivity contribution in [2.24, 2.45) is 0 Å². The monoisotopic (exact) mass is 448 g/mol. The van der Waals surface area contributed by atoms with Crippen LogP contribution < -0.4 is 15.2 Å². The molecule has 4 heterocycles. The molecule has 2 aromatic carbocycles. The number of alkyl halides is 2. The lowest BCUT2D eigenvalue weighted by Crippen LogP contribution is -2.26. The van der Waals surface area contributed by atoms with E-state index >= 15 is 0 Å². The molecular weight excluding hydrogens is 434 g/mol. The second kappa shape index (κ2) is 6.99. The molecule has 1 N–H and O–H groups in total. The number of halogens is 2. The predicted molar refractivity (Wildman–Crippen MR) is 112 cm³/mol. The number of aromatic nitrogens is 6. The Morgan fingerprint density at radius 1 is 1.06 bits per heavy atom. The summed E-state index contributed by atoms with van der Waals surface area (Å²) < 4.78 is 39.5. The van der Waals surface area contributed by atoms with Crippen LogP contribution >= 0.6 is 0 Å². The average molecular weight is 448 g/mol. The molecule has 0 saturated heterocycles. The van der Waals surface area contributed by atoms with Crippen LogP contribution in [0, 0.1) is 0 Å². The van der Waals surface area contributed by atoms with Gasteiger partial charge in [0, 0.05) is 12.4 Å². The highest BCUT2D eigenvalue weighted by molar-refractivity contribution is 5.76. The molecule has 11 heteroatoms. The summed E-state index contributed by atoms with van der Waals surface area (Å²) >= 11 is 0. The van der Waals surface area contributed by atoms with Gasteiger partial charge in [-0.3, -0.25) is 4.57 Å². The van der Waals surface area contributed by atoms with Crippen LogP contribution in [-0.2, 0) is 6.54 Å². The first-order valence-electron chi connectivity index (χ1n) is 9.91. The SMILES string of the molecule is O=c1[nH]c2cnc(-c3cccc4c3OC(F)(F)O4)nc2n1Cc1ccc(-n2cccn2)cc1. The minimum atomic E-state index is -3.76. The molecule has 164 valence electrons. The molecule has 0 fully saturated rings. The zero-order valence-corrected chi connectivity index (χ0v) is 16.8. The van der Waals surface area contributed by atoms with Gasteiger partial charge in [0.25, 0.3) is 0 Å². The summed E-state index contributed by atoms with van der Waals surface area (Å²) in [4.78, 5) is 24.0. The summed E-state index contributed by atoms with van der Waals surface area (Å²) in [6.45, 7) is 0.249. The Bertz CT molecular complexity index is 1540. The first kappa shape index (κ1) is 19.2. The number of hydrogen-bond donors (Lipinski definition) is 1. The molecule has 0 bridgehead atoms. The molecule has 0 spiro atoms. The summed E-state index contributed by atoms with van der Waals surface area (Å²) in [6.07, 6.45) is 1.20. The van der Waals surface area contributed by atoms with Gasteiger partial charge in [0.2, 0.25) is 0 Å². The van der Waals surface area contributed by atoms with E-state index in [-0.39, 0.29) is 35.1 Å². The molecule has 0 saturated carbocycles. The summed E-state index contributed by atoms with van der Waals surface area (Å²) in [5.74, 6) is -0.132. The molecule has 9 nitrogen and oxygen atoms in total. The van der Waals surface area contributed by atoms with E-state index in [0.29, 0.717) is 11.2 Å². The second-order valence-electron chi connectivity index (χ2n) is 7.36. The smallest absolute Gasteiger partial charge is 0.395 e. The topological polar surface area (TPSA) is 99.9 Å². The maximum absolute atomic E-state index is 13.6. The van der Waals surface area contributed by atoms with E-state index in [1.54, 1.807) is 16.9 Å². The van der Waals surface area contributed by atoms with Gasteiger partial charge in [-0.05, 0) is 35.9 Å². The van der Waals surface area contributed by atoms with Crippen LogP contribution in [0.25, 0.3) is 28.2 Å². The van der Waals surface area contributed by atoms with Gasteiger partial charge in [-0.15, -0.1) is 8.78 Å². The van der Waals surface area contributed by atoms with Gasteiger partial charge in [-0.25, -0.2) is 19.4 Å². The minimum Gasteiger partial charge on any atom is -0.395 e. The van der Waals surface area contributed by atoms with Crippen molar-refractivity contribution in [3.05, 3.63) is 83.2 Å². The zero-order valence-electron chi connectivity index (χ0n) is 16.8. The van der Waals surface area contributed by atoms with Crippen LogP contribution in [0.5, 0.6) is 11.5 Å². The quantitative estimate of drug-likeness (QED) is 0.453. The van der Waals surface area contributed by atoms with E-state index in [1.807, 2.05) is 36.5 Å². The van der Waals surface area contributed by atoms with E-state index in [9.17, 15) is 13.6 Å². The Morgan fingerprint density at radius 2 is 1.91 bits per heavy atom. The van der Waals surface area contributed by atoms with Crippen molar-refractivity contribution in [2.45, 2.75) is 12.8 Å². The number of H-pyrrole nitrogens is 1. The largest absolute Gasteiger partial charge is 0.586 e. The van der Waals surface area contributed by atoms with Crippen molar-refractivity contribution in [3.63, 3.8) is 0 Å². The number of ether oxygens (including phenoxy) is 2. The molecule has 0 radical (unpaired) electrons. The van der Waals surface area contributed by atoms with E-state index in [0.717, 1.165) is 11.3 Å². The molecule has 5 aromatic rings. The lowest BCUT2D eigenvalue weighted by Gasteiger charge is -2.08. The number of nitrogens with one attached hydrogen (secondary N) is 1. The van der Waals surface area contributed by atoms with Gasteiger partial charge >= 0.3 is 12.0 Å². The van der Waals surface area contributed by atoms with Crippen molar-refractivity contribution < 1.29 is 18.3 Å². The van der Waals surface area contributed by atoms with Gasteiger partial charge in [0.05, 0.1) is 24.0 Å². The number of nitrogens with zero attached hydrogens (tertiary/aromatic N) is 5. The van der Waals surface area contributed by atoms with E-state index in [4.69, 9.17) is 0 Å². The van der Waals surface area contributed by atoms with Crippen molar-refractivity contribution in [3.8, 4) is 28.6 Å². The lowest BCUT2D eigenvalue weighted by atomic mass is 10.1. The number of benzene rings is 2. The first-order chi connectivity index (χ1) is 16.0. The van der Waals surface area contributed by atoms with Crippen molar-refractivity contribution in [1.82, 2.24) is 29.3 Å². The number of imidazole rings is 1. The van der Waals surface area contributed by atoms with Crippen LogP contribution in [0.4, 0.5) is 8.78 Å². The Hall–Kier alpha value is -4.54. The highest BCUT2D eigenvalue weighted by Gasteiger charge is 2.44. The number of para-hydroxylation sites is 1. The molecule has 0 amide bonds. The van der Waals surface area contributed by atoms with Crippen LogP contribution in [-0.4, -0.2) is 35.6 Å². The highest BCUT2D eigenvalue weighted by atomic mass is 19.3. The third-order valence-electron chi connectivity index (χ3n) is 5.23. The second-order valence-corrected chi connectivity index (χ2v) is 7.36. The van der Waals surface area contributed by atoms with Gasteiger partial charge in [-0.2, -0.15) is 5.10 Å². The summed E-state index contributed by atoms with van der Waals surface area (Å²) in [5.41, 5.74) is 2.38. The molecule has 0 atom stereocenters. The normalized spacial score (nSPS) is 14.1. The Morgan fingerprint density at radius 3 is 2.70 bits per heavy atom. The molecule has 6 rings (SSSR count). The Labute approximate surface area is 183 Å².